The lowest BCUT2D eigenvalue weighted by atomic mass is 10.1. The molecule has 1 aromatic heterocycles. The molecule has 1 amide bonds. The van der Waals surface area contributed by atoms with Crippen LogP contribution in [0.4, 0.5) is 5.69 Å². The van der Waals surface area contributed by atoms with Crippen molar-refractivity contribution in [1.82, 2.24) is 9.55 Å². The Labute approximate surface area is 206 Å². The van der Waals surface area contributed by atoms with Crippen molar-refractivity contribution in [2.24, 2.45) is 0 Å². The standard InChI is InChI=1S/C26H21Cl2N3O3/c27-20-10-9-18(14-21(20)28)29-25(32)16-5-3-4-15(12-16)24-30-22-13-17(26(33)34)8-11-23(22)31(24)19-6-1-2-7-19/h3-5,8-14,19H,1-2,6-7H2,(H,29,32)(H,33,34). The van der Waals surface area contributed by atoms with Crippen LogP contribution in [0.3, 0.4) is 0 Å². The summed E-state index contributed by atoms with van der Waals surface area (Å²) < 4.78 is 2.20. The molecule has 172 valence electrons. The number of rotatable bonds is 5. The highest BCUT2D eigenvalue weighted by atomic mass is 35.5. The summed E-state index contributed by atoms with van der Waals surface area (Å²) in [6, 6.07) is 17.5. The van der Waals surface area contributed by atoms with Gasteiger partial charge in [0.25, 0.3) is 5.91 Å². The van der Waals surface area contributed by atoms with Gasteiger partial charge in [0.2, 0.25) is 0 Å². The van der Waals surface area contributed by atoms with Crippen LogP contribution in [0.1, 0.15) is 52.4 Å². The number of benzene rings is 3. The molecule has 2 N–H and O–H groups in total. The Morgan fingerprint density at radius 1 is 0.941 bits per heavy atom. The molecule has 1 aliphatic carbocycles. The lowest BCUT2D eigenvalue weighted by Gasteiger charge is -2.17. The van der Waals surface area contributed by atoms with Crippen LogP contribution in [0, 0.1) is 0 Å². The highest BCUT2D eigenvalue weighted by Gasteiger charge is 2.24. The first-order valence-corrected chi connectivity index (χ1v) is 11.8. The van der Waals surface area contributed by atoms with Crippen LogP contribution in [-0.2, 0) is 0 Å². The Morgan fingerprint density at radius 2 is 1.74 bits per heavy atom. The van der Waals surface area contributed by atoms with E-state index in [9.17, 15) is 14.7 Å². The van der Waals surface area contributed by atoms with E-state index in [-0.39, 0.29) is 17.5 Å². The van der Waals surface area contributed by atoms with E-state index in [0.717, 1.165) is 42.6 Å². The van der Waals surface area contributed by atoms with Crippen molar-refractivity contribution in [2.75, 3.05) is 5.32 Å². The number of carbonyl (C=O) groups excluding carboxylic acids is 1. The minimum atomic E-state index is -0.986. The van der Waals surface area contributed by atoms with Gasteiger partial charge >= 0.3 is 5.97 Å². The van der Waals surface area contributed by atoms with Crippen molar-refractivity contribution in [1.29, 1.82) is 0 Å². The molecule has 0 saturated heterocycles. The normalized spacial score (nSPS) is 13.9. The third kappa shape index (κ3) is 4.27. The number of aromatic nitrogens is 2. The minimum Gasteiger partial charge on any atom is -0.478 e. The van der Waals surface area contributed by atoms with Crippen LogP contribution in [0.5, 0.6) is 0 Å². The van der Waals surface area contributed by atoms with Crippen LogP contribution in [0.25, 0.3) is 22.4 Å². The van der Waals surface area contributed by atoms with Gasteiger partial charge in [-0.15, -0.1) is 0 Å². The van der Waals surface area contributed by atoms with Gasteiger partial charge in [-0.1, -0.05) is 48.2 Å². The summed E-state index contributed by atoms with van der Waals surface area (Å²) in [7, 11) is 0. The highest BCUT2D eigenvalue weighted by Crippen LogP contribution is 2.37. The smallest absolute Gasteiger partial charge is 0.335 e. The van der Waals surface area contributed by atoms with Crippen LogP contribution in [0.2, 0.25) is 10.0 Å². The summed E-state index contributed by atoms with van der Waals surface area (Å²) in [5.74, 6) is -0.537. The van der Waals surface area contributed by atoms with E-state index in [0.29, 0.717) is 26.8 Å². The lowest BCUT2D eigenvalue weighted by Crippen LogP contribution is -2.12. The third-order valence-electron chi connectivity index (χ3n) is 6.19. The van der Waals surface area contributed by atoms with Gasteiger partial charge in [-0.3, -0.25) is 4.79 Å². The van der Waals surface area contributed by atoms with E-state index < -0.39 is 5.97 Å². The fraction of sp³-hybridized carbons (Fsp3) is 0.192. The van der Waals surface area contributed by atoms with Gasteiger partial charge in [-0.05, 0) is 61.4 Å². The number of hydrogen-bond donors (Lipinski definition) is 2. The maximum absolute atomic E-state index is 12.9. The molecule has 1 heterocycles. The second-order valence-corrected chi connectivity index (χ2v) is 9.23. The molecule has 1 aliphatic rings. The summed E-state index contributed by atoms with van der Waals surface area (Å²) in [6.07, 6.45) is 4.36. The number of anilines is 1. The molecule has 0 radical (unpaired) electrons. The highest BCUT2D eigenvalue weighted by molar-refractivity contribution is 6.42. The van der Waals surface area contributed by atoms with E-state index >= 15 is 0 Å². The third-order valence-corrected chi connectivity index (χ3v) is 6.93. The number of carbonyl (C=O) groups is 2. The maximum atomic E-state index is 12.9. The molecule has 0 spiro atoms. The number of hydrogen-bond acceptors (Lipinski definition) is 3. The Hall–Kier alpha value is -3.35. The predicted octanol–water partition coefficient (Wildman–Crippen LogP) is 7.08. The molecular weight excluding hydrogens is 473 g/mol. The van der Waals surface area contributed by atoms with Crippen LogP contribution in [0.15, 0.2) is 60.7 Å². The van der Waals surface area contributed by atoms with E-state index in [2.05, 4.69) is 9.88 Å². The Bertz CT molecular complexity index is 1420. The van der Waals surface area contributed by atoms with Crippen molar-refractivity contribution in [2.45, 2.75) is 31.7 Å². The Kier molecular flexibility index (Phi) is 6.02. The molecule has 0 unspecified atom stereocenters. The molecule has 6 nitrogen and oxygen atoms in total. The van der Waals surface area contributed by atoms with Crippen molar-refractivity contribution in [3.63, 3.8) is 0 Å². The van der Waals surface area contributed by atoms with Crippen LogP contribution in [-0.4, -0.2) is 26.5 Å². The SMILES string of the molecule is O=C(O)c1ccc2c(c1)nc(-c1cccc(C(=O)Nc3ccc(Cl)c(Cl)c3)c1)n2C1CCCC1. The number of carboxylic acid groups (broad SMARTS) is 1. The molecule has 4 aromatic rings. The number of halogens is 2. The largest absolute Gasteiger partial charge is 0.478 e. The molecule has 1 fully saturated rings. The number of imidazole rings is 1. The number of nitrogens with zero attached hydrogens (tertiary/aromatic N) is 2. The van der Waals surface area contributed by atoms with Crippen molar-refractivity contribution >= 4 is 51.8 Å². The van der Waals surface area contributed by atoms with Crippen molar-refractivity contribution < 1.29 is 14.7 Å². The first kappa shape index (κ1) is 22.4. The number of amides is 1. The van der Waals surface area contributed by atoms with Gasteiger partial charge in [-0.2, -0.15) is 0 Å². The van der Waals surface area contributed by atoms with Crippen molar-refractivity contribution in [3.05, 3.63) is 81.8 Å². The van der Waals surface area contributed by atoms with Crippen molar-refractivity contribution in [3.8, 4) is 11.4 Å². The second kappa shape index (κ2) is 9.12. The molecule has 34 heavy (non-hydrogen) atoms. The first-order valence-electron chi connectivity index (χ1n) is 11.0. The Balaban J connectivity index is 1.54. The van der Waals surface area contributed by atoms with E-state index in [4.69, 9.17) is 28.2 Å². The van der Waals surface area contributed by atoms with Crippen LogP contribution < -0.4 is 5.32 Å². The quantitative estimate of drug-likeness (QED) is 0.311. The number of fused-ring (bicyclic) bond motifs is 1. The van der Waals surface area contributed by atoms with Gasteiger partial charge in [-0.25, -0.2) is 9.78 Å². The van der Waals surface area contributed by atoms with E-state index in [1.54, 1.807) is 42.5 Å². The number of aromatic carboxylic acids is 1. The van der Waals surface area contributed by atoms with Gasteiger partial charge in [0.1, 0.15) is 5.82 Å². The molecule has 1 saturated carbocycles. The summed E-state index contributed by atoms with van der Waals surface area (Å²) in [5.41, 5.74) is 3.54. The summed E-state index contributed by atoms with van der Waals surface area (Å²) in [4.78, 5) is 29.2. The molecular formula is C26H21Cl2N3O3. The maximum Gasteiger partial charge on any atom is 0.335 e. The minimum absolute atomic E-state index is 0.199. The Morgan fingerprint density at radius 3 is 2.47 bits per heavy atom. The second-order valence-electron chi connectivity index (χ2n) is 8.42. The zero-order chi connectivity index (χ0) is 23.8. The summed E-state index contributed by atoms with van der Waals surface area (Å²) in [6.45, 7) is 0. The summed E-state index contributed by atoms with van der Waals surface area (Å²) in [5, 5.41) is 13.0. The number of carboxylic acids is 1. The fourth-order valence-electron chi connectivity index (χ4n) is 4.54. The molecule has 3 aromatic carbocycles. The monoisotopic (exact) mass is 493 g/mol. The predicted molar refractivity (Wildman–Crippen MR) is 134 cm³/mol. The van der Waals surface area contributed by atoms with Gasteiger partial charge in [0, 0.05) is 22.9 Å². The van der Waals surface area contributed by atoms with E-state index in [1.165, 1.54) is 0 Å². The van der Waals surface area contributed by atoms with Gasteiger partial charge < -0.3 is 15.0 Å². The molecule has 0 atom stereocenters. The summed E-state index contributed by atoms with van der Waals surface area (Å²) >= 11 is 12.0. The molecule has 5 rings (SSSR count). The molecule has 0 bridgehead atoms. The zero-order valence-electron chi connectivity index (χ0n) is 18.1. The zero-order valence-corrected chi connectivity index (χ0v) is 19.6. The molecule has 0 aliphatic heterocycles. The topological polar surface area (TPSA) is 84.2 Å². The number of nitrogens with one attached hydrogen (secondary N) is 1. The average Bonchev–Trinajstić information content (AvgIpc) is 3.48. The van der Waals surface area contributed by atoms with Gasteiger partial charge in [0.15, 0.2) is 0 Å². The average molecular weight is 494 g/mol. The van der Waals surface area contributed by atoms with Crippen LogP contribution >= 0.6 is 23.2 Å². The van der Waals surface area contributed by atoms with E-state index in [1.807, 2.05) is 18.2 Å². The fourth-order valence-corrected chi connectivity index (χ4v) is 4.84. The lowest BCUT2D eigenvalue weighted by molar-refractivity contribution is 0.0696. The van der Waals surface area contributed by atoms with Gasteiger partial charge in [0.05, 0.1) is 26.6 Å². The first-order chi connectivity index (χ1) is 16.4. The molecule has 8 heteroatoms.